The summed E-state index contributed by atoms with van der Waals surface area (Å²) in [5.74, 6) is 0.440. The molecule has 1 amide bonds. The van der Waals surface area contributed by atoms with Crippen molar-refractivity contribution in [3.63, 3.8) is 0 Å². The molecule has 24 heavy (non-hydrogen) atoms. The fourth-order valence-corrected chi connectivity index (χ4v) is 3.96. The van der Waals surface area contributed by atoms with Crippen molar-refractivity contribution in [3.8, 4) is 0 Å². The fraction of sp³-hybridized carbons (Fsp3) is 0.227. The first-order valence-electron chi connectivity index (χ1n) is 8.57. The number of nitrogens with one attached hydrogen (secondary N) is 1. The van der Waals surface area contributed by atoms with E-state index in [1.807, 2.05) is 0 Å². The number of hydrogen-bond donors (Lipinski definition) is 1. The Hall–Kier alpha value is -2.61. The first kappa shape index (κ1) is 14.9. The molecule has 0 heterocycles. The maximum Gasteiger partial charge on any atom is 0.217 e. The molecule has 0 saturated carbocycles. The van der Waals surface area contributed by atoms with Crippen molar-refractivity contribution in [3.05, 3.63) is 83.4 Å². The Labute approximate surface area is 142 Å². The monoisotopic (exact) mass is 315 g/mol. The molecule has 0 unspecified atom stereocenters. The topological polar surface area (TPSA) is 29.1 Å². The molecule has 3 aromatic rings. The standard InChI is InChI=1S/C22H21NO/c1-15(24)23-22-13-12-19(20-8-4-5-9-21(20)22)18-11-10-16-6-2-3-7-17(16)14-18/h2-11,14,19,22H,12-13H2,1H3,(H,23,24)/t19-,22-/m0/s1. The number of carbonyl (C=O) groups excluding carboxylic acids is 1. The van der Waals surface area contributed by atoms with Crippen LogP contribution in [-0.2, 0) is 4.79 Å². The number of amides is 1. The van der Waals surface area contributed by atoms with Gasteiger partial charge in [-0.2, -0.15) is 0 Å². The number of fused-ring (bicyclic) bond motifs is 2. The molecular weight excluding hydrogens is 294 g/mol. The molecule has 0 spiro atoms. The molecule has 1 N–H and O–H groups in total. The smallest absolute Gasteiger partial charge is 0.217 e. The minimum atomic E-state index is 0.0407. The molecule has 120 valence electrons. The highest BCUT2D eigenvalue weighted by Crippen LogP contribution is 2.41. The number of carbonyl (C=O) groups is 1. The van der Waals surface area contributed by atoms with Crippen LogP contribution < -0.4 is 5.32 Å². The first-order valence-corrected chi connectivity index (χ1v) is 8.57. The van der Waals surface area contributed by atoms with Crippen molar-refractivity contribution in [2.45, 2.75) is 31.7 Å². The van der Waals surface area contributed by atoms with Gasteiger partial charge < -0.3 is 5.32 Å². The average molecular weight is 315 g/mol. The van der Waals surface area contributed by atoms with Gasteiger partial charge in [-0.1, -0.05) is 66.7 Å². The lowest BCUT2D eigenvalue weighted by Gasteiger charge is -2.32. The van der Waals surface area contributed by atoms with E-state index >= 15 is 0 Å². The van der Waals surface area contributed by atoms with Crippen LogP contribution in [0.5, 0.6) is 0 Å². The molecule has 1 aliphatic carbocycles. The lowest BCUT2D eigenvalue weighted by Crippen LogP contribution is -2.30. The summed E-state index contributed by atoms with van der Waals surface area (Å²) in [6.07, 6.45) is 2.04. The predicted molar refractivity (Wildman–Crippen MR) is 98.0 cm³/mol. The Morgan fingerprint density at radius 3 is 2.38 bits per heavy atom. The zero-order valence-electron chi connectivity index (χ0n) is 13.8. The molecule has 4 rings (SSSR count). The molecule has 0 bridgehead atoms. The molecule has 2 nitrogen and oxygen atoms in total. The summed E-state index contributed by atoms with van der Waals surface area (Å²) in [6.45, 7) is 1.60. The van der Waals surface area contributed by atoms with Crippen molar-refractivity contribution in [2.24, 2.45) is 0 Å². The van der Waals surface area contributed by atoms with Gasteiger partial charge in [0.05, 0.1) is 6.04 Å². The highest BCUT2D eigenvalue weighted by Gasteiger charge is 2.28. The van der Waals surface area contributed by atoms with Crippen LogP contribution in [0.2, 0.25) is 0 Å². The van der Waals surface area contributed by atoms with Crippen LogP contribution in [0.25, 0.3) is 10.8 Å². The van der Waals surface area contributed by atoms with Crippen molar-refractivity contribution in [2.75, 3.05) is 0 Å². The highest BCUT2D eigenvalue weighted by molar-refractivity contribution is 5.83. The second-order valence-corrected chi connectivity index (χ2v) is 6.62. The second kappa shape index (κ2) is 6.12. The molecular formula is C22H21NO. The number of hydrogen-bond acceptors (Lipinski definition) is 1. The SMILES string of the molecule is CC(=O)N[C@H]1CC[C@@H](c2ccc3ccccc3c2)c2ccccc21. The van der Waals surface area contributed by atoms with Crippen molar-refractivity contribution < 1.29 is 4.79 Å². The van der Waals surface area contributed by atoms with Crippen molar-refractivity contribution >= 4 is 16.7 Å². The van der Waals surface area contributed by atoms with Crippen LogP contribution in [0.15, 0.2) is 66.7 Å². The molecule has 0 aromatic heterocycles. The summed E-state index contributed by atoms with van der Waals surface area (Å²) in [5, 5.41) is 5.67. The third-order valence-corrected chi connectivity index (χ3v) is 5.04. The Balaban J connectivity index is 1.76. The van der Waals surface area contributed by atoms with Gasteiger partial charge >= 0.3 is 0 Å². The molecule has 0 saturated heterocycles. The van der Waals surface area contributed by atoms with Crippen LogP contribution in [0.1, 0.15) is 48.4 Å². The van der Waals surface area contributed by atoms with Crippen LogP contribution in [0.4, 0.5) is 0 Å². The van der Waals surface area contributed by atoms with Crippen LogP contribution in [0, 0.1) is 0 Å². The van der Waals surface area contributed by atoms with E-state index < -0.39 is 0 Å². The van der Waals surface area contributed by atoms with Gasteiger partial charge in [-0.15, -0.1) is 0 Å². The van der Waals surface area contributed by atoms with Crippen molar-refractivity contribution in [1.29, 1.82) is 0 Å². The maximum absolute atomic E-state index is 11.5. The molecule has 3 aromatic carbocycles. The summed E-state index contributed by atoms with van der Waals surface area (Å²) in [5.41, 5.74) is 3.97. The Morgan fingerprint density at radius 2 is 1.58 bits per heavy atom. The Bertz CT molecular complexity index is 899. The zero-order valence-corrected chi connectivity index (χ0v) is 13.8. The van der Waals surface area contributed by atoms with Crippen LogP contribution in [-0.4, -0.2) is 5.91 Å². The first-order chi connectivity index (χ1) is 11.7. The van der Waals surface area contributed by atoms with E-state index in [1.165, 1.54) is 27.5 Å². The molecule has 0 radical (unpaired) electrons. The number of benzene rings is 3. The van der Waals surface area contributed by atoms with E-state index in [0.717, 1.165) is 12.8 Å². The summed E-state index contributed by atoms with van der Waals surface area (Å²) in [4.78, 5) is 11.5. The Morgan fingerprint density at radius 1 is 0.875 bits per heavy atom. The lowest BCUT2D eigenvalue weighted by molar-refractivity contribution is -0.119. The fourth-order valence-electron chi connectivity index (χ4n) is 3.96. The second-order valence-electron chi connectivity index (χ2n) is 6.62. The van der Waals surface area contributed by atoms with E-state index in [-0.39, 0.29) is 11.9 Å². The quantitative estimate of drug-likeness (QED) is 0.713. The average Bonchev–Trinajstić information content (AvgIpc) is 2.61. The third-order valence-electron chi connectivity index (χ3n) is 5.04. The lowest BCUT2D eigenvalue weighted by atomic mass is 9.76. The minimum absolute atomic E-state index is 0.0407. The van der Waals surface area contributed by atoms with E-state index in [2.05, 4.69) is 72.0 Å². The summed E-state index contributed by atoms with van der Waals surface area (Å²) in [6, 6.07) is 23.9. The molecule has 0 fully saturated rings. The van der Waals surface area contributed by atoms with Gasteiger partial charge in [0.25, 0.3) is 0 Å². The summed E-state index contributed by atoms with van der Waals surface area (Å²) < 4.78 is 0. The van der Waals surface area contributed by atoms with Gasteiger partial charge in [-0.25, -0.2) is 0 Å². The maximum atomic E-state index is 11.5. The summed E-state index contributed by atoms with van der Waals surface area (Å²) >= 11 is 0. The van der Waals surface area contributed by atoms with Crippen molar-refractivity contribution in [1.82, 2.24) is 5.32 Å². The van der Waals surface area contributed by atoms with Gasteiger partial charge in [0.15, 0.2) is 0 Å². The molecule has 0 aliphatic heterocycles. The summed E-state index contributed by atoms with van der Waals surface area (Å²) in [7, 11) is 0. The van der Waals surface area contributed by atoms with E-state index in [9.17, 15) is 4.79 Å². The van der Waals surface area contributed by atoms with E-state index in [1.54, 1.807) is 6.92 Å². The highest BCUT2D eigenvalue weighted by atomic mass is 16.1. The van der Waals surface area contributed by atoms with Gasteiger partial charge in [-0.3, -0.25) is 4.79 Å². The Kier molecular flexibility index (Phi) is 3.81. The third kappa shape index (κ3) is 2.69. The predicted octanol–water partition coefficient (Wildman–Crippen LogP) is 4.94. The zero-order chi connectivity index (χ0) is 16.5. The van der Waals surface area contributed by atoms with Crippen LogP contribution in [0.3, 0.4) is 0 Å². The van der Waals surface area contributed by atoms with Gasteiger partial charge in [-0.05, 0) is 40.3 Å². The van der Waals surface area contributed by atoms with E-state index in [0.29, 0.717) is 5.92 Å². The minimum Gasteiger partial charge on any atom is -0.350 e. The van der Waals surface area contributed by atoms with Gasteiger partial charge in [0.2, 0.25) is 5.91 Å². The molecule has 2 atom stereocenters. The molecule has 1 aliphatic rings. The molecule has 2 heteroatoms. The normalized spacial score (nSPS) is 19.7. The van der Waals surface area contributed by atoms with Gasteiger partial charge in [0, 0.05) is 12.8 Å². The largest absolute Gasteiger partial charge is 0.350 e. The van der Waals surface area contributed by atoms with E-state index in [4.69, 9.17) is 0 Å². The van der Waals surface area contributed by atoms with Crippen LogP contribution >= 0.6 is 0 Å². The van der Waals surface area contributed by atoms with Gasteiger partial charge in [0.1, 0.15) is 0 Å². The number of rotatable bonds is 2.